The second kappa shape index (κ2) is 4.88. The Morgan fingerprint density at radius 2 is 2.19 bits per heavy atom. The number of rotatable bonds is 4. The van der Waals surface area contributed by atoms with Gasteiger partial charge in [-0.3, -0.25) is 4.98 Å². The van der Waals surface area contributed by atoms with Gasteiger partial charge in [-0.1, -0.05) is 6.07 Å². The van der Waals surface area contributed by atoms with Crippen LogP contribution in [0.1, 0.15) is 18.4 Å². The fourth-order valence-electron chi connectivity index (χ4n) is 2.32. The maximum absolute atomic E-state index is 5.87. The van der Waals surface area contributed by atoms with Crippen LogP contribution in [0.25, 0.3) is 22.6 Å². The first-order valence-electron chi connectivity index (χ1n) is 7.24. The number of nitrogens with zero attached hydrogens (tertiary/aromatic N) is 2. The molecule has 21 heavy (non-hydrogen) atoms. The van der Waals surface area contributed by atoms with E-state index in [0.717, 1.165) is 29.0 Å². The fraction of sp³-hybridized carbons (Fsp3) is 0.294. The molecule has 0 aliphatic heterocycles. The number of hydrogen-bond donors (Lipinski definition) is 0. The highest BCUT2D eigenvalue weighted by Gasteiger charge is 2.23. The minimum atomic E-state index is 0.587. The molecule has 0 spiro atoms. The number of pyridine rings is 1. The van der Waals surface area contributed by atoms with Crippen molar-refractivity contribution in [2.24, 2.45) is 5.92 Å². The van der Waals surface area contributed by atoms with E-state index in [2.05, 4.69) is 9.97 Å². The minimum absolute atomic E-state index is 0.587. The van der Waals surface area contributed by atoms with Crippen LogP contribution < -0.4 is 4.74 Å². The average Bonchev–Trinajstić information content (AvgIpc) is 3.23. The third kappa shape index (κ3) is 2.49. The Bertz CT molecular complexity index is 790. The van der Waals surface area contributed by atoms with Crippen LogP contribution in [0.4, 0.5) is 0 Å². The summed E-state index contributed by atoms with van der Waals surface area (Å²) in [4.78, 5) is 8.72. The van der Waals surface area contributed by atoms with Gasteiger partial charge in [0.15, 0.2) is 5.58 Å². The number of ether oxygens (including phenoxy) is 1. The van der Waals surface area contributed by atoms with Crippen molar-refractivity contribution in [2.75, 3.05) is 6.61 Å². The zero-order chi connectivity index (χ0) is 14.2. The lowest BCUT2D eigenvalue weighted by molar-refractivity contribution is 0.299. The normalized spacial score (nSPS) is 14.5. The third-order valence-electron chi connectivity index (χ3n) is 3.73. The molecule has 2 aromatic heterocycles. The number of aryl methyl sites for hydroxylation is 1. The number of benzene rings is 1. The van der Waals surface area contributed by atoms with Gasteiger partial charge in [0, 0.05) is 6.20 Å². The molecule has 1 aliphatic carbocycles. The van der Waals surface area contributed by atoms with E-state index in [1.54, 1.807) is 12.4 Å². The molecule has 4 rings (SSSR count). The van der Waals surface area contributed by atoms with Gasteiger partial charge in [0.05, 0.1) is 18.4 Å². The van der Waals surface area contributed by atoms with E-state index in [1.165, 1.54) is 18.4 Å². The summed E-state index contributed by atoms with van der Waals surface area (Å²) in [6.45, 7) is 2.79. The summed E-state index contributed by atoms with van der Waals surface area (Å²) in [6, 6.07) is 7.88. The van der Waals surface area contributed by atoms with Gasteiger partial charge in [0.2, 0.25) is 5.89 Å². The van der Waals surface area contributed by atoms with Crippen LogP contribution in [-0.4, -0.2) is 16.6 Å². The SMILES string of the molecule is Cc1ccc2oc(-c3ccncc3OCC3CC3)nc2c1. The van der Waals surface area contributed by atoms with Gasteiger partial charge in [0.1, 0.15) is 11.3 Å². The Balaban J connectivity index is 1.72. The molecular formula is C17H16N2O2. The van der Waals surface area contributed by atoms with Crippen LogP contribution in [-0.2, 0) is 0 Å². The standard InChI is InChI=1S/C17H16N2O2/c1-11-2-5-15-14(8-11)19-17(21-15)13-6-7-18-9-16(13)20-10-12-3-4-12/h2,5-9,12H,3-4,10H2,1H3. The topological polar surface area (TPSA) is 48.2 Å². The van der Waals surface area contributed by atoms with Crippen LogP contribution >= 0.6 is 0 Å². The minimum Gasteiger partial charge on any atom is -0.491 e. The van der Waals surface area contributed by atoms with Crippen molar-refractivity contribution in [1.82, 2.24) is 9.97 Å². The molecule has 1 aromatic carbocycles. The highest BCUT2D eigenvalue weighted by Crippen LogP contribution is 2.34. The quantitative estimate of drug-likeness (QED) is 0.725. The number of hydrogen-bond acceptors (Lipinski definition) is 4. The van der Waals surface area contributed by atoms with E-state index in [-0.39, 0.29) is 0 Å². The van der Waals surface area contributed by atoms with Crippen LogP contribution in [0.5, 0.6) is 5.75 Å². The summed E-state index contributed by atoms with van der Waals surface area (Å²) < 4.78 is 11.7. The number of fused-ring (bicyclic) bond motifs is 1. The maximum atomic E-state index is 5.87. The molecule has 1 fully saturated rings. The van der Waals surface area contributed by atoms with E-state index in [4.69, 9.17) is 9.15 Å². The molecule has 3 aromatic rings. The number of aromatic nitrogens is 2. The average molecular weight is 280 g/mol. The summed E-state index contributed by atoms with van der Waals surface area (Å²) in [5.41, 5.74) is 3.69. The third-order valence-corrected chi connectivity index (χ3v) is 3.73. The van der Waals surface area contributed by atoms with Gasteiger partial charge in [0.25, 0.3) is 0 Å². The van der Waals surface area contributed by atoms with Crippen molar-refractivity contribution in [2.45, 2.75) is 19.8 Å². The van der Waals surface area contributed by atoms with Crippen molar-refractivity contribution < 1.29 is 9.15 Å². The molecule has 1 saturated carbocycles. The Hall–Kier alpha value is -2.36. The lowest BCUT2D eigenvalue weighted by Gasteiger charge is -2.07. The zero-order valence-corrected chi connectivity index (χ0v) is 11.9. The van der Waals surface area contributed by atoms with E-state index >= 15 is 0 Å². The highest BCUT2D eigenvalue weighted by atomic mass is 16.5. The molecule has 0 unspecified atom stereocenters. The van der Waals surface area contributed by atoms with E-state index in [1.807, 2.05) is 31.2 Å². The van der Waals surface area contributed by atoms with E-state index in [0.29, 0.717) is 11.8 Å². The van der Waals surface area contributed by atoms with Gasteiger partial charge in [-0.2, -0.15) is 0 Å². The maximum Gasteiger partial charge on any atom is 0.231 e. The molecule has 0 atom stereocenters. The summed E-state index contributed by atoms with van der Waals surface area (Å²) >= 11 is 0. The summed E-state index contributed by atoms with van der Waals surface area (Å²) in [7, 11) is 0. The highest BCUT2D eigenvalue weighted by molar-refractivity contribution is 5.78. The molecule has 0 saturated heterocycles. The Kier molecular flexibility index (Phi) is 2.88. The van der Waals surface area contributed by atoms with Crippen LogP contribution in [0.3, 0.4) is 0 Å². The molecule has 0 bridgehead atoms. The van der Waals surface area contributed by atoms with Crippen molar-refractivity contribution in [3.8, 4) is 17.2 Å². The molecule has 0 N–H and O–H groups in total. The molecule has 1 aliphatic rings. The summed E-state index contributed by atoms with van der Waals surface area (Å²) in [5.74, 6) is 2.03. The van der Waals surface area contributed by atoms with Crippen LogP contribution in [0.15, 0.2) is 41.1 Å². The summed E-state index contributed by atoms with van der Waals surface area (Å²) in [5, 5.41) is 0. The molecule has 0 radical (unpaired) electrons. The molecule has 4 heteroatoms. The molecule has 106 valence electrons. The lowest BCUT2D eigenvalue weighted by Crippen LogP contribution is -2.00. The van der Waals surface area contributed by atoms with Gasteiger partial charge in [-0.05, 0) is 49.4 Å². The van der Waals surface area contributed by atoms with Crippen molar-refractivity contribution in [3.05, 3.63) is 42.2 Å². The number of oxazole rings is 1. The van der Waals surface area contributed by atoms with E-state index in [9.17, 15) is 0 Å². The van der Waals surface area contributed by atoms with E-state index < -0.39 is 0 Å². The van der Waals surface area contributed by atoms with Gasteiger partial charge in [-0.25, -0.2) is 4.98 Å². The molecular weight excluding hydrogens is 264 g/mol. The van der Waals surface area contributed by atoms with Gasteiger partial charge >= 0.3 is 0 Å². The fourth-order valence-corrected chi connectivity index (χ4v) is 2.32. The summed E-state index contributed by atoms with van der Waals surface area (Å²) in [6.07, 6.45) is 5.99. The van der Waals surface area contributed by atoms with Crippen molar-refractivity contribution in [3.63, 3.8) is 0 Å². The van der Waals surface area contributed by atoms with Crippen LogP contribution in [0.2, 0.25) is 0 Å². The molecule has 2 heterocycles. The first-order chi connectivity index (χ1) is 10.3. The van der Waals surface area contributed by atoms with Crippen molar-refractivity contribution >= 4 is 11.1 Å². The first-order valence-corrected chi connectivity index (χ1v) is 7.24. The van der Waals surface area contributed by atoms with Crippen LogP contribution in [0, 0.1) is 12.8 Å². The zero-order valence-electron chi connectivity index (χ0n) is 11.9. The predicted octanol–water partition coefficient (Wildman–Crippen LogP) is 3.99. The Morgan fingerprint density at radius 3 is 3.05 bits per heavy atom. The first kappa shape index (κ1) is 12.4. The smallest absolute Gasteiger partial charge is 0.231 e. The largest absolute Gasteiger partial charge is 0.491 e. The molecule has 0 amide bonds. The molecule has 4 nitrogen and oxygen atoms in total. The van der Waals surface area contributed by atoms with Gasteiger partial charge in [-0.15, -0.1) is 0 Å². The predicted molar refractivity (Wildman–Crippen MR) is 80.2 cm³/mol. The second-order valence-corrected chi connectivity index (χ2v) is 5.62. The Morgan fingerprint density at radius 1 is 1.29 bits per heavy atom. The monoisotopic (exact) mass is 280 g/mol. The van der Waals surface area contributed by atoms with Gasteiger partial charge < -0.3 is 9.15 Å². The Labute approximate surface area is 122 Å². The second-order valence-electron chi connectivity index (χ2n) is 5.62. The van der Waals surface area contributed by atoms with Crippen molar-refractivity contribution in [1.29, 1.82) is 0 Å². The lowest BCUT2D eigenvalue weighted by atomic mass is 10.2.